The maximum atomic E-state index is 12.6. The van der Waals surface area contributed by atoms with Crippen molar-refractivity contribution in [1.29, 1.82) is 0 Å². The fourth-order valence-electron chi connectivity index (χ4n) is 1.76. The number of carbonyl (C=O) groups excluding carboxylic acids is 1. The Labute approximate surface area is 83.3 Å². The van der Waals surface area contributed by atoms with Crippen LogP contribution in [0.3, 0.4) is 0 Å². The lowest BCUT2D eigenvalue weighted by Crippen LogP contribution is -2.38. The second-order valence-corrected chi connectivity index (χ2v) is 4.16. The molecule has 14 heavy (non-hydrogen) atoms. The summed E-state index contributed by atoms with van der Waals surface area (Å²) in [6, 6.07) is 0. The first-order valence-electron chi connectivity index (χ1n) is 5.07. The van der Waals surface area contributed by atoms with E-state index in [4.69, 9.17) is 0 Å². The van der Waals surface area contributed by atoms with Gasteiger partial charge < -0.3 is 9.69 Å². The van der Waals surface area contributed by atoms with Crippen LogP contribution in [0.1, 0.15) is 26.2 Å². The van der Waals surface area contributed by atoms with Crippen LogP contribution in [0.15, 0.2) is 0 Å². The highest BCUT2D eigenvalue weighted by Crippen LogP contribution is 2.20. The number of carbonyl (C=O) groups is 1. The average molecular weight is 205 g/mol. The summed E-state index contributed by atoms with van der Waals surface area (Å²) in [5.41, 5.74) is 0. The van der Waals surface area contributed by atoms with Crippen LogP contribution in [0.4, 0.5) is 8.78 Å². The molecule has 0 aromatic carbocycles. The molecule has 1 aliphatic rings. The Hall–Kier alpha value is -0.510. The van der Waals surface area contributed by atoms with Crippen LogP contribution in [0, 0.1) is 5.92 Å². The van der Waals surface area contributed by atoms with E-state index in [1.165, 1.54) is 0 Å². The third-order valence-electron chi connectivity index (χ3n) is 2.60. The molecule has 4 heteroatoms. The number of piperidine rings is 1. The normalized spacial score (nSPS) is 24.9. The molecule has 0 bridgehead atoms. The molecule has 1 rings (SSSR count). The van der Waals surface area contributed by atoms with Gasteiger partial charge in [0.1, 0.15) is 6.29 Å². The number of halogens is 2. The van der Waals surface area contributed by atoms with Gasteiger partial charge in [-0.1, -0.05) is 0 Å². The van der Waals surface area contributed by atoms with E-state index in [-0.39, 0.29) is 12.3 Å². The Morgan fingerprint density at radius 2 is 2.29 bits per heavy atom. The molecule has 0 aromatic heterocycles. The molecule has 1 fully saturated rings. The zero-order valence-corrected chi connectivity index (χ0v) is 8.51. The molecule has 2 nitrogen and oxygen atoms in total. The van der Waals surface area contributed by atoms with E-state index in [1.54, 1.807) is 0 Å². The van der Waals surface area contributed by atoms with Crippen molar-refractivity contribution in [3.8, 4) is 0 Å². The van der Waals surface area contributed by atoms with Crippen LogP contribution in [0.25, 0.3) is 0 Å². The number of hydrogen-bond acceptors (Lipinski definition) is 2. The molecule has 0 amide bonds. The molecule has 0 saturated carbocycles. The van der Waals surface area contributed by atoms with E-state index in [0.29, 0.717) is 13.1 Å². The molecule has 0 aliphatic carbocycles. The summed E-state index contributed by atoms with van der Waals surface area (Å²) in [6.07, 6.45) is 2.68. The molecule has 0 aromatic rings. The summed E-state index contributed by atoms with van der Waals surface area (Å²) in [5.74, 6) is -2.54. The maximum Gasteiger partial charge on any atom is 0.246 e. The smallest absolute Gasteiger partial charge is 0.246 e. The van der Waals surface area contributed by atoms with E-state index >= 15 is 0 Å². The largest absolute Gasteiger partial charge is 0.303 e. The predicted octanol–water partition coefficient (Wildman–Crippen LogP) is 1.94. The van der Waals surface area contributed by atoms with Gasteiger partial charge in [0.05, 0.1) is 0 Å². The summed E-state index contributed by atoms with van der Waals surface area (Å²) in [5, 5.41) is 0. The lowest BCUT2D eigenvalue weighted by Gasteiger charge is -2.30. The van der Waals surface area contributed by atoms with Gasteiger partial charge in [-0.05, 0) is 26.3 Å². The first-order valence-corrected chi connectivity index (χ1v) is 5.07. The van der Waals surface area contributed by atoms with Crippen LogP contribution in [0.2, 0.25) is 0 Å². The summed E-state index contributed by atoms with van der Waals surface area (Å²) in [4.78, 5) is 12.5. The molecule has 0 spiro atoms. The number of alkyl halides is 2. The van der Waals surface area contributed by atoms with Crippen LogP contribution in [-0.4, -0.2) is 36.7 Å². The summed E-state index contributed by atoms with van der Waals surface area (Å²) in [7, 11) is 0. The Morgan fingerprint density at radius 3 is 2.86 bits per heavy atom. The summed E-state index contributed by atoms with van der Waals surface area (Å²) < 4.78 is 25.1. The van der Waals surface area contributed by atoms with Crippen molar-refractivity contribution in [1.82, 2.24) is 4.90 Å². The van der Waals surface area contributed by atoms with Crippen molar-refractivity contribution in [2.75, 3.05) is 19.6 Å². The quantitative estimate of drug-likeness (QED) is 0.654. The predicted molar refractivity (Wildman–Crippen MR) is 50.5 cm³/mol. The molecule has 82 valence electrons. The molecular formula is C10H17F2NO. The van der Waals surface area contributed by atoms with Crippen LogP contribution >= 0.6 is 0 Å². The Kier molecular flexibility index (Phi) is 3.98. The highest BCUT2D eigenvalue weighted by Gasteiger charge is 2.24. The second-order valence-electron chi connectivity index (χ2n) is 4.16. The number of hydrogen-bond donors (Lipinski definition) is 0. The molecule has 1 heterocycles. The van der Waals surface area contributed by atoms with Crippen LogP contribution in [0.5, 0.6) is 0 Å². The minimum Gasteiger partial charge on any atom is -0.303 e. The van der Waals surface area contributed by atoms with Crippen molar-refractivity contribution in [3.63, 3.8) is 0 Å². The van der Waals surface area contributed by atoms with Gasteiger partial charge in [-0.3, -0.25) is 0 Å². The van der Waals surface area contributed by atoms with Gasteiger partial charge in [-0.25, -0.2) is 8.78 Å². The van der Waals surface area contributed by atoms with E-state index < -0.39 is 5.92 Å². The van der Waals surface area contributed by atoms with Crippen LogP contribution < -0.4 is 0 Å². The van der Waals surface area contributed by atoms with E-state index in [9.17, 15) is 13.6 Å². The van der Waals surface area contributed by atoms with Crippen molar-refractivity contribution < 1.29 is 13.6 Å². The maximum absolute atomic E-state index is 12.6. The minimum atomic E-state index is -2.59. The highest BCUT2D eigenvalue weighted by atomic mass is 19.3. The van der Waals surface area contributed by atoms with Gasteiger partial charge in [0.15, 0.2) is 0 Å². The molecule has 1 unspecified atom stereocenters. The Bertz CT molecular complexity index is 191. The summed E-state index contributed by atoms with van der Waals surface area (Å²) >= 11 is 0. The van der Waals surface area contributed by atoms with Crippen molar-refractivity contribution in [2.24, 2.45) is 5.92 Å². The number of aldehydes is 1. The summed E-state index contributed by atoms with van der Waals surface area (Å²) in [6.45, 7) is 2.84. The Morgan fingerprint density at radius 1 is 1.57 bits per heavy atom. The van der Waals surface area contributed by atoms with Crippen molar-refractivity contribution in [2.45, 2.75) is 32.1 Å². The van der Waals surface area contributed by atoms with Gasteiger partial charge in [-0.15, -0.1) is 0 Å². The molecule has 1 aliphatic heterocycles. The van der Waals surface area contributed by atoms with Gasteiger partial charge in [0.25, 0.3) is 0 Å². The number of rotatable bonds is 4. The minimum absolute atomic E-state index is 0.0502. The zero-order valence-electron chi connectivity index (χ0n) is 8.51. The zero-order chi connectivity index (χ0) is 10.6. The number of nitrogens with zero attached hydrogens (tertiary/aromatic N) is 1. The first-order chi connectivity index (χ1) is 6.51. The van der Waals surface area contributed by atoms with E-state index in [1.807, 2.05) is 4.90 Å². The fourth-order valence-corrected chi connectivity index (χ4v) is 1.76. The SMILES string of the molecule is CC(F)(F)CCN1CCCC(C=O)C1. The monoisotopic (exact) mass is 205 g/mol. The standard InChI is InChI=1S/C10H17F2NO/c1-10(11,12)4-6-13-5-2-3-9(7-13)8-14/h8-9H,2-7H2,1H3. The van der Waals surface area contributed by atoms with Gasteiger partial charge in [0.2, 0.25) is 5.92 Å². The lowest BCUT2D eigenvalue weighted by atomic mass is 9.99. The van der Waals surface area contributed by atoms with Crippen molar-refractivity contribution in [3.05, 3.63) is 0 Å². The molecular weight excluding hydrogens is 188 g/mol. The molecule has 0 N–H and O–H groups in total. The van der Waals surface area contributed by atoms with Crippen molar-refractivity contribution >= 4 is 6.29 Å². The van der Waals surface area contributed by atoms with E-state index in [2.05, 4.69) is 0 Å². The third kappa shape index (κ3) is 4.13. The number of likely N-dealkylation sites (tertiary alicyclic amines) is 1. The molecule has 0 radical (unpaired) electrons. The second kappa shape index (κ2) is 4.82. The fraction of sp³-hybridized carbons (Fsp3) is 0.900. The first kappa shape index (κ1) is 11.6. The van der Waals surface area contributed by atoms with Crippen LogP contribution in [-0.2, 0) is 4.79 Å². The topological polar surface area (TPSA) is 20.3 Å². The van der Waals surface area contributed by atoms with E-state index in [0.717, 1.165) is 32.6 Å². The lowest BCUT2D eigenvalue weighted by molar-refractivity contribution is -0.112. The molecule has 1 saturated heterocycles. The Balaban J connectivity index is 2.27. The van der Waals surface area contributed by atoms with Gasteiger partial charge >= 0.3 is 0 Å². The molecule has 1 atom stereocenters. The van der Waals surface area contributed by atoms with Gasteiger partial charge in [-0.2, -0.15) is 0 Å². The highest BCUT2D eigenvalue weighted by molar-refractivity contribution is 5.53. The van der Waals surface area contributed by atoms with Gasteiger partial charge in [0, 0.05) is 25.4 Å². The third-order valence-corrected chi connectivity index (χ3v) is 2.60. The average Bonchev–Trinajstić information content (AvgIpc) is 2.14.